The molecule has 1 atom stereocenters. The van der Waals surface area contributed by atoms with Crippen molar-refractivity contribution in [3.05, 3.63) is 0 Å². The van der Waals surface area contributed by atoms with E-state index in [2.05, 4.69) is 0 Å². The predicted octanol–water partition coefficient (Wildman–Crippen LogP) is 1.24. The van der Waals surface area contributed by atoms with Crippen LogP contribution in [0.25, 0.3) is 0 Å². The molecule has 0 aromatic heterocycles. The lowest BCUT2D eigenvalue weighted by atomic mass is 10.1. The summed E-state index contributed by atoms with van der Waals surface area (Å²) < 4.78 is 30.3. The number of nitrogens with zero attached hydrogens (tertiary/aromatic N) is 2. The molecule has 1 heterocycles. The summed E-state index contributed by atoms with van der Waals surface area (Å²) in [6.07, 6.45) is 1.13. The van der Waals surface area contributed by atoms with Gasteiger partial charge in [-0.05, 0) is 40.0 Å². The zero-order chi connectivity index (χ0) is 17.1. The smallest absolute Gasteiger partial charge is 0.411 e. The minimum atomic E-state index is -3.74. The van der Waals surface area contributed by atoms with Gasteiger partial charge in [-0.1, -0.05) is 0 Å². The highest BCUT2D eigenvalue weighted by atomic mass is 32.2. The average molecular weight is 334 g/mol. The lowest BCUT2D eigenvalue weighted by molar-refractivity contribution is -0.126. The van der Waals surface area contributed by atoms with E-state index in [-0.39, 0.29) is 0 Å². The number of carbonyl (C=O) groups is 2. The molecule has 0 bridgehead atoms. The van der Waals surface area contributed by atoms with E-state index in [4.69, 9.17) is 4.74 Å². The highest BCUT2D eigenvalue weighted by molar-refractivity contribution is 7.92. The fraction of sp³-hybridized carbons (Fsp3) is 0.857. The molecule has 1 rings (SSSR count). The van der Waals surface area contributed by atoms with Gasteiger partial charge in [0, 0.05) is 20.6 Å². The van der Waals surface area contributed by atoms with Gasteiger partial charge in [-0.25, -0.2) is 13.2 Å². The molecule has 1 saturated heterocycles. The van der Waals surface area contributed by atoms with Gasteiger partial charge in [0.05, 0.1) is 0 Å². The van der Waals surface area contributed by atoms with Gasteiger partial charge in [-0.15, -0.1) is 0 Å². The van der Waals surface area contributed by atoms with Crippen LogP contribution in [0.1, 0.15) is 40.0 Å². The van der Waals surface area contributed by atoms with E-state index in [0.717, 1.165) is 6.42 Å². The molecule has 0 radical (unpaired) electrons. The Balaban J connectivity index is 2.93. The first-order valence-corrected chi connectivity index (χ1v) is 9.07. The lowest BCUT2D eigenvalue weighted by Crippen LogP contribution is -2.51. The fourth-order valence-corrected chi connectivity index (χ4v) is 4.10. The summed E-state index contributed by atoms with van der Waals surface area (Å²) in [5.74, 6) is -1.08. The molecular formula is C14H26N2O5S. The van der Waals surface area contributed by atoms with Gasteiger partial charge in [0.2, 0.25) is 5.91 Å². The summed E-state index contributed by atoms with van der Waals surface area (Å²) in [6, 6.07) is 0. The second kappa shape index (κ2) is 6.85. The van der Waals surface area contributed by atoms with Crippen LogP contribution in [-0.2, 0) is 19.4 Å². The molecule has 7 nitrogen and oxygen atoms in total. The number of rotatable bonds is 3. The van der Waals surface area contributed by atoms with Crippen LogP contribution in [-0.4, -0.2) is 67.6 Å². The number of hydrogen-bond donors (Lipinski definition) is 0. The predicted molar refractivity (Wildman–Crippen MR) is 83.1 cm³/mol. The van der Waals surface area contributed by atoms with Crippen molar-refractivity contribution in [1.29, 1.82) is 0 Å². The molecule has 1 unspecified atom stereocenters. The van der Waals surface area contributed by atoms with Gasteiger partial charge in [-0.3, -0.25) is 9.69 Å². The summed E-state index contributed by atoms with van der Waals surface area (Å²) in [5, 5.41) is -0.986. The number of carbonyl (C=O) groups excluding carboxylic acids is 2. The van der Waals surface area contributed by atoms with Gasteiger partial charge in [0.25, 0.3) is 0 Å². The molecule has 2 amide bonds. The molecule has 0 saturated carbocycles. The van der Waals surface area contributed by atoms with Crippen molar-refractivity contribution < 1.29 is 22.7 Å². The zero-order valence-corrected chi connectivity index (χ0v) is 14.8. The quantitative estimate of drug-likeness (QED) is 0.775. The van der Waals surface area contributed by atoms with Crippen molar-refractivity contribution in [2.24, 2.45) is 0 Å². The first-order chi connectivity index (χ1) is 9.94. The Morgan fingerprint density at radius 2 is 1.82 bits per heavy atom. The van der Waals surface area contributed by atoms with E-state index in [9.17, 15) is 18.0 Å². The third kappa shape index (κ3) is 5.15. The number of amides is 2. The maximum absolute atomic E-state index is 12.5. The molecule has 0 spiro atoms. The molecule has 1 fully saturated rings. The fourth-order valence-electron chi connectivity index (χ4n) is 2.20. The first kappa shape index (κ1) is 18.7. The van der Waals surface area contributed by atoms with Gasteiger partial charge in [0.1, 0.15) is 16.7 Å². The summed E-state index contributed by atoms with van der Waals surface area (Å²) >= 11 is 0. The number of ether oxygens (including phenoxy) is 1. The van der Waals surface area contributed by atoms with Crippen LogP contribution in [0.15, 0.2) is 0 Å². The Labute approximate surface area is 132 Å². The van der Waals surface area contributed by atoms with E-state index in [1.807, 2.05) is 0 Å². The van der Waals surface area contributed by atoms with Crippen LogP contribution >= 0.6 is 0 Å². The van der Waals surface area contributed by atoms with Crippen molar-refractivity contribution in [3.63, 3.8) is 0 Å². The Bertz CT molecular complexity index is 522. The molecule has 0 aromatic rings. The lowest BCUT2D eigenvalue weighted by Gasteiger charge is -2.36. The topological polar surface area (TPSA) is 84.0 Å². The number of piperidine rings is 1. The highest BCUT2D eigenvalue weighted by Crippen LogP contribution is 2.24. The molecule has 0 N–H and O–H groups in total. The second-order valence-corrected chi connectivity index (χ2v) is 8.88. The summed E-state index contributed by atoms with van der Waals surface area (Å²) in [7, 11) is -0.735. The normalized spacial score (nSPS) is 19.7. The van der Waals surface area contributed by atoms with Gasteiger partial charge in [-0.2, -0.15) is 0 Å². The number of likely N-dealkylation sites (tertiary alicyclic amines) is 1. The monoisotopic (exact) mass is 334 g/mol. The van der Waals surface area contributed by atoms with Crippen LogP contribution in [0, 0.1) is 0 Å². The summed E-state index contributed by atoms with van der Waals surface area (Å²) in [5.41, 5.74) is -0.692. The molecule has 22 heavy (non-hydrogen) atoms. The third-order valence-corrected chi connectivity index (χ3v) is 5.28. The molecule has 0 aromatic carbocycles. The Kier molecular flexibility index (Phi) is 5.83. The summed E-state index contributed by atoms with van der Waals surface area (Å²) in [6.45, 7) is 5.52. The van der Waals surface area contributed by atoms with Crippen LogP contribution in [0.4, 0.5) is 4.79 Å². The molecule has 1 aliphatic rings. The zero-order valence-electron chi connectivity index (χ0n) is 14.0. The molecule has 8 heteroatoms. The number of sulfone groups is 1. The second-order valence-electron chi connectivity index (χ2n) is 6.72. The van der Waals surface area contributed by atoms with Crippen LogP contribution in [0.3, 0.4) is 0 Å². The van der Waals surface area contributed by atoms with Crippen molar-refractivity contribution >= 4 is 21.8 Å². The van der Waals surface area contributed by atoms with Crippen molar-refractivity contribution in [2.45, 2.75) is 51.0 Å². The van der Waals surface area contributed by atoms with E-state index < -0.39 is 38.6 Å². The van der Waals surface area contributed by atoms with E-state index in [0.29, 0.717) is 19.4 Å². The molecule has 0 aliphatic carbocycles. The largest absolute Gasteiger partial charge is 0.444 e. The third-order valence-electron chi connectivity index (χ3n) is 3.31. The standard InChI is InChI=1S/C14H26N2O5S/c1-14(2,3)21-13(18)16-9-7-6-8-12(16)22(19,20)10-11(17)15(4)5/h12H,6-10H2,1-5H3. The Morgan fingerprint density at radius 1 is 1.23 bits per heavy atom. The van der Waals surface area contributed by atoms with Crippen LogP contribution < -0.4 is 0 Å². The molecule has 1 aliphatic heterocycles. The minimum absolute atomic E-state index is 0.328. The van der Waals surface area contributed by atoms with Gasteiger partial charge in [0.15, 0.2) is 9.84 Å². The van der Waals surface area contributed by atoms with Gasteiger partial charge >= 0.3 is 6.09 Å². The average Bonchev–Trinajstić information content (AvgIpc) is 2.36. The minimum Gasteiger partial charge on any atom is -0.444 e. The molecule has 128 valence electrons. The number of hydrogen-bond acceptors (Lipinski definition) is 5. The Hall–Kier alpha value is -1.31. The van der Waals surface area contributed by atoms with E-state index in [1.165, 1.54) is 23.9 Å². The summed E-state index contributed by atoms with van der Waals surface area (Å²) in [4.78, 5) is 26.4. The SMILES string of the molecule is CN(C)C(=O)CS(=O)(=O)C1CCCCN1C(=O)OC(C)(C)C. The van der Waals surface area contributed by atoms with E-state index >= 15 is 0 Å². The van der Waals surface area contributed by atoms with Gasteiger partial charge < -0.3 is 9.64 Å². The maximum Gasteiger partial charge on any atom is 0.411 e. The van der Waals surface area contributed by atoms with Crippen LogP contribution in [0.2, 0.25) is 0 Å². The molecular weight excluding hydrogens is 308 g/mol. The first-order valence-electron chi connectivity index (χ1n) is 7.35. The van der Waals surface area contributed by atoms with Crippen LogP contribution in [0.5, 0.6) is 0 Å². The van der Waals surface area contributed by atoms with Crippen molar-refractivity contribution in [2.75, 3.05) is 26.4 Å². The van der Waals surface area contributed by atoms with Crippen molar-refractivity contribution in [1.82, 2.24) is 9.80 Å². The Morgan fingerprint density at radius 3 is 2.32 bits per heavy atom. The van der Waals surface area contributed by atoms with Crippen molar-refractivity contribution in [3.8, 4) is 0 Å². The highest BCUT2D eigenvalue weighted by Gasteiger charge is 2.39. The maximum atomic E-state index is 12.5. The van der Waals surface area contributed by atoms with E-state index in [1.54, 1.807) is 20.8 Å².